The Kier molecular flexibility index (Phi) is 6.76. The fourth-order valence-corrected chi connectivity index (χ4v) is 2.81. The second kappa shape index (κ2) is 8.83. The molecule has 0 bridgehead atoms. The highest BCUT2D eigenvalue weighted by Gasteiger charge is 2.21. The van der Waals surface area contributed by atoms with Crippen LogP contribution in [0.25, 0.3) is 0 Å². The van der Waals surface area contributed by atoms with Gasteiger partial charge in [-0.1, -0.05) is 29.3 Å². The number of amides is 2. The van der Waals surface area contributed by atoms with Gasteiger partial charge < -0.3 is 10.2 Å². The van der Waals surface area contributed by atoms with Gasteiger partial charge in [-0.25, -0.2) is 0 Å². The van der Waals surface area contributed by atoms with Gasteiger partial charge in [0.25, 0.3) is 11.6 Å². The summed E-state index contributed by atoms with van der Waals surface area (Å²) in [4.78, 5) is 36.5. The highest BCUT2D eigenvalue weighted by molar-refractivity contribution is 6.34. The number of non-ortho nitro benzene ring substituents is 1. The van der Waals surface area contributed by atoms with Crippen molar-refractivity contribution in [3.63, 3.8) is 0 Å². The highest BCUT2D eigenvalue weighted by atomic mass is 35.5. The van der Waals surface area contributed by atoms with E-state index in [1.807, 2.05) is 6.92 Å². The molecule has 2 rings (SSSR count). The molecule has 142 valence electrons. The Balaban J connectivity index is 2.14. The van der Waals surface area contributed by atoms with Crippen molar-refractivity contribution >= 4 is 46.4 Å². The van der Waals surface area contributed by atoms with E-state index < -0.39 is 16.7 Å². The van der Waals surface area contributed by atoms with E-state index in [1.165, 1.54) is 17.0 Å². The Hall–Kier alpha value is -2.64. The Labute approximate surface area is 166 Å². The van der Waals surface area contributed by atoms with E-state index in [1.54, 1.807) is 25.1 Å². The molecule has 0 aliphatic carbocycles. The van der Waals surface area contributed by atoms with Gasteiger partial charge in [0, 0.05) is 29.4 Å². The average molecular weight is 410 g/mol. The molecule has 2 aromatic carbocycles. The molecule has 0 aliphatic heterocycles. The van der Waals surface area contributed by atoms with Crippen LogP contribution in [0, 0.1) is 17.0 Å². The van der Waals surface area contributed by atoms with Crippen molar-refractivity contribution in [3.05, 3.63) is 67.7 Å². The largest absolute Gasteiger partial charge is 0.330 e. The van der Waals surface area contributed by atoms with Crippen LogP contribution in [0.1, 0.15) is 22.8 Å². The first kappa shape index (κ1) is 20.7. The zero-order valence-corrected chi connectivity index (χ0v) is 16.2. The Bertz CT molecular complexity index is 902. The maximum Gasteiger partial charge on any atom is 0.270 e. The van der Waals surface area contributed by atoms with E-state index in [4.69, 9.17) is 23.2 Å². The number of aryl methyl sites for hydroxylation is 1. The first-order valence-electron chi connectivity index (χ1n) is 8.02. The molecular weight excluding hydrogens is 393 g/mol. The molecule has 0 spiro atoms. The van der Waals surface area contributed by atoms with Crippen LogP contribution in [0.4, 0.5) is 11.4 Å². The van der Waals surface area contributed by atoms with Gasteiger partial charge >= 0.3 is 0 Å². The van der Waals surface area contributed by atoms with E-state index in [2.05, 4.69) is 5.32 Å². The highest BCUT2D eigenvalue weighted by Crippen LogP contribution is 2.24. The Morgan fingerprint density at radius 2 is 1.89 bits per heavy atom. The van der Waals surface area contributed by atoms with Gasteiger partial charge in [-0.3, -0.25) is 19.7 Å². The van der Waals surface area contributed by atoms with Crippen molar-refractivity contribution in [2.75, 3.05) is 18.4 Å². The number of nitro groups is 1. The quantitative estimate of drug-likeness (QED) is 0.567. The standard InChI is InChI=1S/C18H17Cl2N3O4/c1-3-22(10-17(24)21-16-8-12(19)5-4-11(16)2)18(25)14-7-6-13(23(26)27)9-15(14)20/h4-9H,3,10H2,1-2H3,(H,21,24). The smallest absolute Gasteiger partial charge is 0.270 e. The van der Waals surface area contributed by atoms with Crippen LogP contribution in [-0.4, -0.2) is 34.7 Å². The van der Waals surface area contributed by atoms with E-state index in [0.717, 1.165) is 11.6 Å². The summed E-state index contributed by atoms with van der Waals surface area (Å²) in [5.74, 6) is -0.885. The number of carbonyl (C=O) groups is 2. The zero-order chi connectivity index (χ0) is 20.1. The van der Waals surface area contributed by atoms with Crippen molar-refractivity contribution in [3.8, 4) is 0 Å². The summed E-state index contributed by atoms with van der Waals surface area (Å²) in [6, 6.07) is 8.70. The molecule has 0 saturated heterocycles. The lowest BCUT2D eigenvalue weighted by molar-refractivity contribution is -0.384. The van der Waals surface area contributed by atoms with Crippen LogP contribution < -0.4 is 5.32 Å². The third kappa shape index (κ3) is 5.18. The van der Waals surface area contributed by atoms with E-state index >= 15 is 0 Å². The maximum absolute atomic E-state index is 12.7. The number of anilines is 1. The molecule has 0 atom stereocenters. The SMILES string of the molecule is CCN(CC(=O)Nc1cc(Cl)ccc1C)C(=O)c1ccc([N+](=O)[O-])cc1Cl. The summed E-state index contributed by atoms with van der Waals surface area (Å²) in [6.45, 7) is 3.60. The van der Waals surface area contributed by atoms with Gasteiger partial charge in [-0.2, -0.15) is 0 Å². The predicted octanol–water partition coefficient (Wildman–Crippen LogP) is 4.31. The number of carbonyl (C=O) groups excluding carboxylic acids is 2. The van der Waals surface area contributed by atoms with Gasteiger partial charge in [0.1, 0.15) is 6.54 Å². The average Bonchev–Trinajstić information content (AvgIpc) is 2.62. The van der Waals surface area contributed by atoms with E-state index in [0.29, 0.717) is 10.7 Å². The van der Waals surface area contributed by atoms with Crippen LogP contribution in [0.2, 0.25) is 10.0 Å². The van der Waals surface area contributed by atoms with Crippen LogP contribution in [0.3, 0.4) is 0 Å². The van der Waals surface area contributed by atoms with Gasteiger partial charge in [0.2, 0.25) is 5.91 Å². The summed E-state index contributed by atoms with van der Waals surface area (Å²) in [7, 11) is 0. The fraction of sp³-hybridized carbons (Fsp3) is 0.222. The fourth-order valence-electron chi connectivity index (χ4n) is 2.38. The molecule has 0 fully saturated rings. The molecule has 0 unspecified atom stereocenters. The summed E-state index contributed by atoms with van der Waals surface area (Å²) in [6.07, 6.45) is 0. The van der Waals surface area contributed by atoms with Gasteiger partial charge in [0.15, 0.2) is 0 Å². The molecule has 7 nitrogen and oxygen atoms in total. The first-order chi connectivity index (χ1) is 12.7. The number of rotatable bonds is 6. The third-order valence-corrected chi connectivity index (χ3v) is 4.42. The molecule has 0 aromatic heterocycles. The predicted molar refractivity (Wildman–Crippen MR) is 105 cm³/mol. The number of benzene rings is 2. The lowest BCUT2D eigenvalue weighted by atomic mass is 10.1. The van der Waals surface area contributed by atoms with Crippen LogP contribution >= 0.6 is 23.2 Å². The van der Waals surface area contributed by atoms with Crippen molar-refractivity contribution in [1.29, 1.82) is 0 Å². The number of halogens is 2. The van der Waals surface area contributed by atoms with Crippen molar-refractivity contribution in [2.24, 2.45) is 0 Å². The van der Waals surface area contributed by atoms with Gasteiger partial charge in [-0.15, -0.1) is 0 Å². The number of nitro benzene ring substituents is 1. The van der Waals surface area contributed by atoms with Crippen LogP contribution in [0.15, 0.2) is 36.4 Å². The molecular formula is C18H17Cl2N3O4. The molecule has 0 saturated carbocycles. The molecule has 27 heavy (non-hydrogen) atoms. The van der Waals surface area contributed by atoms with Crippen molar-refractivity contribution in [1.82, 2.24) is 4.90 Å². The molecule has 0 heterocycles. The van der Waals surface area contributed by atoms with Gasteiger partial charge in [0.05, 0.1) is 15.5 Å². The molecule has 0 radical (unpaired) electrons. The van der Waals surface area contributed by atoms with Crippen molar-refractivity contribution in [2.45, 2.75) is 13.8 Å². The molecule has 2 aromatic rings. The van der Waals surface area contributed by atoms with Crippen LogP contribution in [-0.2, 0) is 4.79 Å². The van der Waals surface area contributed by atoms with Crippen molar-refractivity contribution < 1.29 is 14.5 Å². The summed E-state index contributed by atoms with van der Waals surface area (Å²) in [5, 5.41) is 13.9. The van der Waals surface area contributed by atoms with E-state index in [9.17, 15) is 19.7 Å². The second-order valence-corrected chi connectivity index (χ2v) is 6.59. The lowest BCUT2D eigenvalue weighted by Gasteiger charge is -2.21. The normalized spacial score (nSPS) is 10.4. The summed E-state index contributed by atoms with van der Waals surface area (Å²) >= 11 is 11.9. The van der Waals surface area contributed by atoms with Gasteiger partial charge in [-0.05, 0) is 37.6 Å². The number of hydrogen-bond acceptors (Lipinski definition) is 4. The molecule has 1 N–H and O–H groups in total. The summed E-state index contributed by atoms with van der Waals surface area (Å²) < 4.78 is 0. The zero-order valence-electron chi connectivity index (χ0n) is 14.7. The second-order valence-electron chi connectivity index (χ2n) is 5.75. The van der Waals surface area contributed by atoms with E-state index in [-0.39, 0.29) is 29.4 Å². The topological polar surface area (TPSA) is 92.6 Å². The number of nitrogens with one attached hydrogen (secondary N) is 1. The minimum Gasteiger partial charge on any atom is -0.330 e. The molecule has 2 amide bonds. The minimum absolute atomic E-state index is 0.0428. The monoisotopic (exact) mass is 409 g/mol. The molecule has 0 aliphatic rings. The van der Waals surface area contributed by atoms with Crippen LogP contribution in [0.5, 0.6) is 0 Å². The lowest BCUT2D eigenvalue weighted by Crippen LogP contribution is -2.38. The maximum atomic E-state index is 12.7. The minimum atomic E-state index is -0.599. The third-order valence-electron chi connectivity index (χ3n) is 3.87. The Morgan fingerprint density at radius 3 is 2.48 bits per heavy atom. The number of hydrogen-bond donors (Lipinski definition) is 1. The summed E-state index contributed by atoms with van der Waals surface area (Å²) in [5.41, 5.74) is 1.27. The molecule has 9 heteroatoms. The first-order valence-corrected chi connectivity index (χ1v) is 8.77. The Morgan fingerprint density at radius 1 is 1.19 bits per heavy atom. The number of likely N-dealkylation sites (N-methyl/N-ethyl adjacent to an activating group) is 1. The number of nitrogens with zero attached hydrogens (tertiary/aromatic N) is 2.